The lowest BCUT2D eigenvalue weighted by molar-refractivity contribution is -0.0436. The molecule has 0 radical (unpaired) electrons. The van der Waals surface area contributed by atoms with Crippen LogP contribution < -0.4 is 4.90 Å². The zero-order chi connectivity index (χ0) is 23.3. The molecule has 4 rings (SSSR count). The molecular formula is C21H16F3N3O3S2. The summed E-state index contributed by atoms with van der Waals surface area (Å²) in [5.41, 5.74) is -3.57. The molecule has 1 fully saturated rings. The molecule has 0 saturated carbocycles. The lowest BCUT2D eigenvalue weighted by atomic mass is 10.1. The molecule has 2 aromatic carbocycles. The van der Waals surface area contributed by atoms with Crippen molar-refractivity contribution in [1.29, 1.82) is 0 Å². The zero-order valence-corrected chi connectivity index (χ0v) is 18.2. The van der Waals surface area contributed by atoms with Crippen LogP contribution in [0.5, 0.6) is 0 Å². The molecular weight excluding hydrogens is 463 g/mol. The van der Waals surface area contributed by atoms with Crippen molar-refractivity contribution in [2.24, 2.45) is 0 Å². The minimum Gasteiger partial charge on any atom is -0.311 e. The van der Waals surface area contributed by atoms with Crippen molar-refractivity contribution < 1.29 is 26.4 Å². The molecule has 1 atom stereocenters. The fraction of sp³-hybridized carbons (Fsp3) is 0.190. The number of amides is 2. The van der Waals surface area contributed by atoms with Crippen molar-refractivity contribution in [3.8, 4) is 0 Å². The van der Waals surface area contributed by atoms with Crippen LogP contribution in [-0.2, 0) is 16.4 Å². The number of urea groups is 1. The quantitative estimate of drug-likeness (QED) is 0.508. The van der Waals surface area contributed by atoms with E-state index in [0.717, 1.165) is 40.7 Å². The second kappa shape index (κ2) is 7.82. The predicted octanol–water partition coefficient (Wildman–Crippen LogP) is 4.69. The van der Waals surface area contributed by atoms with Crippen molar-refractivity contribution in [3.05, 3.63) is 66.4 Å². The summed E-state index contributed by atoms with van der Waals surface area (Å²) in [6.07, 6.45) is 1.65. The van der Waals surface area contributed by atoms with Gasteiger partial charge in [-0.25, -0.2) is 13.2 Å². The highest BCUT2D eigenvalue weighted by Crippen LogP contribution is 2.33. The molecule has 32 heavy (non-hydrogen) atoms. The number of thiocarbonyl (C=S) groups is 1. The molecule has 1 aromatic heterocycles. The Morgan fingerprint density at radius 2 is 1.72 bits per heavy atom. The van der Waals surface area contributed by atoms with E-state index in [-0.39, 0.29) is 17.2 Å². The van der Waals surface area contributed by atoms with Gasteiger partial charge in [0.05, 0.1) is 22.1 Å². The first kappa shape index (κ1) is 22.2. The largest absolute Gasteiger partial charge is 0.501 e. The van der Waals surface area contributed by atoms with Crippen LogP contribution in [0.1, 0.15) is 12.5 Å². The Morgan fingerprint density at radius 1 is 1.06 bits per heavy atom. The second-order valence-corrected chi connectivity index (χ2v) is 9.55. The Kier molecular flexibility index (Phi) is 5.41. The number of benzene rings is 2. The molecule has 166 valence electrons. The Morgan fingerprint density at radius 3 is 2.38 bits per heavy atom. The van der Waals surface area contributed by atoms with Gasteiger partial charge in [-0.15, -0.1) is 0 Å². The molecule has 1 unspecified atom stereocenters. The number of carbonyl (C=O) groups is 1. The van der Waals surface area contributed by atoms with Gasteiger partial charge in [-0.2, -0.15) is 13.2 Å². The SMILES string of the molecule is CC1C(=S)N(c2ccc(S(=O)(=O)C(F)(F)F)cc2)C(=O)N1Cc1ccnc2ccccc12. The first-order valence-electron chi connectivity index (χ1n) is 9.41. The van der Waals surface area contributed by atoms with E-state index >= 15 is 0 Å². The fourth-order valence-electron chi connectivity index (χ4n) is 3.54. The lowest BCUT2D eigenvalue weighted by Crippen LogP contribution is -2.33. The number of rotatable bonds is 4. The summed E-state index contributed by atoms with van der Waals surface area (Å²) < 4.78 is 61.5. The predicted molar refractivity (Wildman–Crippen MR) is 117 cm³/mol. The number of anilines is 1. The smallest absolute Gasteiger partial charge is 0.311 e. The van der Waals surface area contributed by atoms with E-state index in [1.165, 1.54) is 4.90 Å². The van der Waals surface area contributed by atoms with E-state index in [2.05, 4.69) is 4.98 Å². The Labute approximate surface area is 187 Å². The Bertz CT molecular complexity index is 1320. The maximum absolute atomic E-state index is 13.2. The van der Waals surface area contributed by atoms with Gasteiger partial charge in [0.1, 0.15) is 4.99 Å². The van der Waals surface area contributed by atoms with Crippen LogP contribution >= 0.6 is 12.2 Å². The minimum atomic E-state index is -5.48. The summed E-state index contributed by atoms with van der Waals surface area (Å²) in [5, 5.41) is 0.890. The Balaban J connectivity index is 1.63. The number of para-hydroxylation sites is 1. The molecule has 0 N–H and O–H groups in total. The van der Waals surface area contributed by atoms with Gasteiger partial charge in [-0.3, -0.25) is 9.88 Å². The number of nitrogens with zero attached hydrogens (tertiary/aromatic N) is 3. The topological polar surface area (TPSA) is 70.6 Å². The first-order chi connectivity index (χ1) is 15.0. The van der Waals surface area contributed by atoms with Crippen LogP contribution in [0.25, 0.3) is 10.9 Å². The van der Waals surface area contributed by atoms with Crippen molar-refractivity contribution in [2.45, 2.75) is 29.9 Å². The zero-order valence-electron chi connectivity index (χ0n) is 16.6. The van der Waals surface area contributed by atoms with Crippen molar-refractivity contribution >= 4 is 49.7 Å². The number of aromatic nitrogens is 1. The number of alkyl halides is 3. The lowest BCUT2D eigenvalue weighted by Gasteiger charge is -2.21. The third kappa shape index (κ3) is 3.61. The van der Waals surface area contributed by atoms with Crippen molar-refractivity contribution in [2.75, 3.05) is 4.90 Å². The van der Waals surface area contributed by atoms with E-state index in [9.17, 15) is 26.4 Å². The van der Waals surface area contributed by atoms with Crippen LogP contribution in [0.3, 0.4) is 0 Å². The summed E-state index contributed by atoms with van der Waals surface area (Å²) >= 11 is 5.43. The van der Waals surface area contributed by atoms with Gasteiger partial charge in [0.2, 0.25) is 0 Å². The van der Waals surface area contributed by atoms with Crippen molar-refractivity contribution in [1.82, 2.24) is 9.88 Å². The van der Waals surface area contributed by atoms with Gasteiger partial charge < -0.3 is 4.90 Å². The number of hydrogen-bond donors (Lipinski definition) is 0. The molecule has 1 aliphatic heterocycles. The fourth-order valence-corrected chi connectivity index (χ4v) is 4.61. The molecule has 2 heterocycles. The summed E-state index contributed by atoms with van der Waals surface area (Å²) in [5.74, 6) is 0. The van der Waals surface area contributed by atoms with Crippen LogP contribution in [0, 0.1) is 0 Å². The maximum Gasteiger partial charge on any atom is 0.501 e. The summed E-state index contributed by atoms with van der Waals surface area (Å²) in [6, 6.07) is 12.3. The summed E-state index contributed by atoms with van der Waals surface area (Å²) in [7, 11) is -5.48. The van der Waals surface area contributed by atoms with Crippen LogP contribution in [0.2, 0.25) is 0 Å². The highest BCUT2D eigenvalue weighted by Gasteiger charge is 2.47. The van der Waals surface area contributed by atoms with E-state index in [1.807, 2.05) is 30.3 Å². The van der Waals surface area contributed by atoms with E-state index in [0.29, 0.717) is 0 Å². The van der Waals surface area contributed by atoms with Crippen LogP contribution in [0.4, 0.5) is 23.7 Å². The third-order valence-corrected chi connectivity index (χ3v) is 7.30. The highest BCUT2D eigenvalue weighted by atomic mass is 32.2. The summed E-state index contributed by atoms with van der Waals surface area (Å²) in [4.78, 5) is 19.6. The normalized spacial score (nSPS) is 17.4. The molecule has 6 nitrogen and oxygen atoms in total. The van der Waals surface area contributed by atoms with Gasteiger partial charge in [0, 0.05) is 18.1 Å². The first-order valence-corrected chi connectivity index (χ1v) is 11.3. The number of hydrogen-bond acceptors (Lipinski definition) is 5. The molecule has 3 aromatic rings. The maximum atomic E-state index is 13.2. The molecule has 2 amide bonds. The molecule has 0 bridgehead atoms. The minimum absolute atomic E-state index is 0.190. The highest BCUT2D eigenvalue weighted by molar-refractivity contribution is 7.92. The van der Waals surface area contributed by atoms with E-state index < -0.39 is 32.3 Å². The number of carbonyl (C=O) groups excluding carboxylic acids is 1. The molecule has 0 spiro atoms. The second-order valence-electron chi connectivity index (χ2n) is 7.19. The van der Waals surface area contributed by atoms with Crippen LogP contribution in [-0.4, -0.2) is 40.9 Å². The van der Waals surface area contributed by atoms with Gasteiger partial charge in [0.15, 0.2) is 0 Å². The van der Waals surface area contributed by atoms with Crippen molar-refractivity contribution in [3.63, 3.8) is 0 Å². The van der Waals surface area contributed by atoms with Gasteiger partial charge in [0.25, 0.3) is 9.84 Å². The average molecular weight is 480 g/mol. The van der Waals surface area contributed by atoms with Gasteiger partial charge >= 0.3 is 11.5 Å². The summed E-state index contributed by atoms with van der Waals surface area (Å²) in [6.45, 7) is 2.01. The number of halogens is 3. The number of pyridine rings is 1. The molecule has 11 heteroatoms. The number of sulfone groups is 1. The molecule has 1 saturated heterocycles. The van der Waals surface area contributed by atoms with Gasteiger partial charge in [-0.1, -0.05) is 30.4 Å². The van der Waals surface area contributed by atoms with Crippen LogP contribution in [0.15, 0.2) is 65.7 Å². The average Bonchev–Trinajstić information content (AvgIpc) is 2.96. The van der Waals surface area contributed by atoms with E-state index in [4.69, 9.17) is 12.2 Å². The molecule has 0 aliphatic carbocycles. The monoisotopic (exact) mass is 479 g/mol. The number of fused-ring (bicyclic) bond motifs is 1. The Hall–Kier alpha value is -3.05. The standard InChI is InChI=1S/C21H16F3N3O3S2/c1-13-19(31)27(15-6-8-16(9-7-15)32(29,30)21(22,23)24)20(28)26(13)12-14-10-11-25-18-5-3-2-4-17(14)18/h2-11,13H,12H2,1H3. The third-order valence-electron chi connectivity index (χ3n) is 5.27. The molecule has 1 aliphatic rings. The van der Waals surface area contributed by atoms with Gasteiger partial charge in [-0.05, 0) is 48.9 Å². The van der Waals surface area contributed by atoms with E-state index in [1.54, 1.807) is 18.0 Å².